The van der Waals surface area contributed by atoms with Crippen LogP contribution in [0.1, 0.15) is 0 Å². The Morgan fingerprint density at radius 2 is 2.00 bits per heavy atom. The van der Waals surface area contributed by atoms with Crippen LogP contribution in [-0.4, -0.2) is 60.9 Å². The van der Waals surface area contributed by atoms with Crippen LogP contribution in [0.4, 0.5) is 0 Å². The second-order valence-electron chi connectivity index (χ2n) is 1.26. The van der Waals surface area contributed by atoms with E-state index in [-0.39, 0.29) is 36.1 Å². The molecule has 0 aliphatic heterocycles. The van der Waals surface area contributed by atoms with Crippen molar-refractivity contribution in [1.82, 2.24) is 0 Å². The SMILES string of the molecule is O=C=NCCS(=O)(=O)O.[NaH]. The Bertz CT molecular complexity index is 217. The average molecular weight is 175 g/mol. The Hall–Kier alpha value is 0.290. The van der Waals surface area contributed by atoms with Crippen LogP contribution in [0.2, 0.25) is 0 Å². The molecule has 0 fully saturated rings. The number of isocyanates is 1. The molecular formula is C3H6NNaO4S. The zero-order valence-corrected chi connectivity index (χ0v) is 5.26. The van der Waals surface area contributed by atoms with Gasteiger partial charge in [0.1, 0.15) is 0 Å². The second kappa shape index (κ2) is 6.03. The molecule has 0 rings (SSSR count). The van der Waals surface area contributed by atoms with E-state index in [2.05, 4.69) is 4.99 Å². The van der Waals surface area contributed by atoms with Gasteiger partial charge in [0.25, 0.3) is 10.1 Å². The zero-order chi connectivity index (χ0) is 7.33. The molecular weight excluding hydrogens is 169 g/mol. The summed E-state index contributed by atoms with van der Waals surface area (Å²) in [5.74, 6) is -0.526. The molecule has 0 aliphatic carbocycles. The van der Waals surface area contributed by atoms with Gasteiger partial charge in [-0.3, -0.25) is 4.55 Å². The summed E-state index contributed by atoms with van der Waals surface area (Å²) >= 11 is 0. The summed E-state index contributed by atoms with van der Waals surface area (Å²) in [6, 6.07) is 0. The quantitative estimate of drug-likeness (QED) is 0.246. The summed E-state index contributed by atoms with van der Waals surface area (Å²) < 4.78 is 27.8. The van der Waals surface area contributed by atoms with Gasteiger partial charge in [0.15, 0.2) is 0 Å². The van der Waals surface area contributed by atoms with Crippen LogP contribution in [-0.2, 0) is 14.9 Å². The predicted molar refractivity (Wildman–Crippen MR) is 36.6 cm³/mol. The molecule has 0 saturated heterocycles. The number of carbonyl (C=O) groups excluding carboxylic acids is 1. The van der Waals surface area contributed by atoms with E-state index in [0.717, 1.165) is 6.08 Å². The van der Waals surface area contributed by atoms with Crippen molar-refractivity contribution in [2.24, 2.45) is 4.99 Å². The van der Waals surface area contributed by atoms with E-state index in [1.807, 2.05) is 0 Å². The van der Waals surface area contributed by atoms with Gasteiger partial charge in [0.2, 0.25) is 6.08 Å². The van der Waals surface area contributed by atoms with Crippen LogP contribution in [0.25, 0.3) is 0 Å². The summed E-state index contributed by atoms with van der Waals surface area (Å²) in [7, 11) is -3.97. The van der Waals surface area contributed by atoms with Crippen molar-refractivity contribution in [2.45, 2.75) is 0 Å². The second-order valence-corrected chi connectivity index (χ2v) is 2.83. The van der Waals surface area contributed by atoms with E-state index >= 15 is 0 Å². The topological polar surface area (TPSA) is 83.8 Å². The summed E-state index contributed by atoms with van der Waals surface area (Å²) in [4.78, 5) is 12.2. The molecule has 54 valence electrons. The zero-order valence-electron chi connectivity index (χ0n) is 4.44. The standard InChI is InChI=1S/C3H5NO4S.Na.H/c5-3-4-1-2-9(6,7)8;;/h1-2H2,(H,6,7,8);;. The van der Waals surface area contributed by atoms with Gasteiger partial charge in [-0.05, 0) is 0 Å². The fraction of sp³-hybridized carbons (Fsp3) is 0.667. The Kier molecular flexibility index (Phi) is 7.79. The molecule has 0 spiro atoms. The maximum absolute atomic E-state index is 9.87. The first-order valence-electron chi connectivity index (χ1n) is 2.05. The van der Waals surface area contributed by atoms with E-state index in [4.69, 9.17) is 4.55 Å². The molecule has 0 radical (unpaired) electrons. The molecule has 0 aromatic rings. The van der Waals surface area contributed by atoms with Gasteiger partial charge >= 0.3 is 29.6 Å². The van der Waals surface area contributed by atoms with Gasteiger partial charge in [-0.2, -0.15) is 8.42 Å². The monoisotopic (exact) mass is 175 g/mol. The molecule has 0 aromatic heterocycles. The van der Waals surface area contributed by atoms with Gasteiger partial charge in [0.05, 0.1) is 12.3 Å². The molecule has 0 heterocycles. The number of nitrogens with zero attached hydrogens (tertiary/aromatic N) is 1. The molecule has 0 aliphatic rings. The van der Waals surface area contributed by atoms with Crippen molar-refractivity contribution in [3.8, 4) is 0 Å². The van der Waals surface area contributed by atoms with Gasteiger partial charge < -0.3 is 0 Å². The summed E-state index contributed by atoms with van der Waals surface area (Å²) in [5.41, 5.74) is 0. The first kappa shape index (κ1) is 12.9. The van der Waals surface area contributed by atoms with E-state index in [0.29, 0.717) is 0 Å². The maximum atomic E-state index is 9.87. The number of rotatable bonds is 3. The van der Waals surface area contributed by atoms with Crippen LogP contribution in [0.5, 0.6) is 0 Å². The van der Waals surface area contributed by atoms with Gasteiger partial charge in [0, 0.05) is 0 Å². The number of hydrogen-bond acceptors (Lipinski definition) is 4. The average Bonchev–Trinajstić information content (AvgIpc) is 1.63. The van der Waals surface area contributed by atoms with E-state index in [9.17, 15) is 13.2 Å². The summed E-state index contributed by atoms with van der Waals surface area (Å²) in [5, 5.41) is 0. The van der Waals surface area contributed by atoms with Crippen molar-refractivity contribution in [3.05, 3.63) is 0 Å². The van der Waals surface area contributed by atoms with Gasteiger partial charge in [-0.25, -0.2) is 9.79 Å². The first-order chi connectivity index (χ1) is 4.06. The molecule has 0 atom stereocenters. The molecule has 0 unspecified atom stereocenters. The van der Waals surface area contributed by atoms with Crippen molar-refractivity contribution in [1.29, 1.82) is 0 Å². The summed E-state index contributed by atoms with van der Waals surface area (Å²) in [6.45, 7) is -0.234. The molecule has 1 N–H and O–H groups in total. The van der Waals surface area contributed by atoms with Crippen LogP contribution >= 0.6 is 0 Å². The minimum atomic E-state index is -3.97. The van der Waals surface area contributed by atoms with E-state index in [1.165, 1.54) is 0 Å². The molecule has 5 nitrogen and oxygen atoms in total. The Labute approximate surface area is 80.6 Å². The summed E-state index contributed by atoms with van der Waals surface area (Å²) in [6.07, 6.45) is 1.14. The van der Waals surface area contributed by atoms with Crippen LogP contribution < -0.4 is 0 Å². The van der Waals surface area contributed by atoms with Crippen LogP contribution in [0.15, 0.2) is 4.99 Å². The third-order valence-electron chi connectivity index (χ3n) is 0.526. The van der Waals surface area contributed by atoms with Crippen molar-refractivity contribution >= 4 is 45.8 Å². The van der Waals surface area contributed by atoms with Gasteiger partial charge in [-0.15, -0.1) is 0 Å². The molecule has 0 bridgehead atoms. The fourth-order valence-corrected chi connectivity index (χ4v) is 0.529. The van der Waals surface area contributed by atoms with Crippen LogP contribution in [0.3, 0.4) is 0 Å². The van der Waals surface area contributed by atoms with Crippen LogP contribution in [0, 0.1) is 0 Å². The predicted octanol–water partition coefficient (Wildman–Crippen LogP) is -1.44. The molecule has 0 saturated carbocycles. The molecule has 7 heteroatoms. The van der Waals surface area contributed by atoms with Gasteiger partial charge in [-0.1, -0.05) is 0 Å². The molecule has 0 amide bonds. The Morgan fingerprint density at radius 3 is 2.30 bits per heavy atom. The minimum absolute atomic E-state index is 0. The third kappa shape index (κ3) is 11.1. The van der Waals surface area contributed by atoms with E-state index < -0.39 is 15.9 Å². The van der Waals surface area contributed by atoms with E-state index in [1.54, 1.807) is 0 Å². The van der Waals surface area contributed by atoms with Crippen molar-refractivity contribution in [2.75, 3.05) is 12.3 Å². The normalized spacial score (nSPS) is 9.30. The fourth-order valence-electron chi connectivity index (χ4n) is 0.207. The molecule has 10 heavy (non-hydrogen) atoms. The van der Waals surface area contributed by atoms with Crippen molar-refractivity contribution in [3.63, 3.8) is 0 Å². The third-order valence-corrected chi connectivity index (χ3v) is 1.22. The number of aliphatic imine (C=N–C) groups is 1. The Morgan fingerprint density at radius 1 is 1.50 bits per heavy atom. The number of hydrogen-bond donors (Lipinski definition) is 1. The first-order valence-corrected chi connectivity index (χ1v) is 3.66. The van der Waals surface area contributed by atoms with Crippen molar-refractivity contribution < 1.29 is 17.8 Å². The molecule has 0 aromatic carbocycles. The Balaban J connectivity index is 0.